The summed E-state index contributed by atoms with van der Waals surface area (Å²) in [4.78, 5) is 10.6. The summed E-state index contributed by atoms with van der Waals surface area (Å²) in [5, 5.41) is 0. The van der Waals surface area contributed by atoms with Crippen LogP contribution in [0, 0.1) is 0 Å². The van der Waals surface area contributed by atoms with Crippen LogP contribution in [-0.4, -0.2) is 9.97 Å². The number of aromatic nitrogens is 2. The molecule has 4 nitrogen and oxygen atoms in total. The average molecular weight is 647 g/mol. The molecule has 0 radical (unpaired) electrons. The molecule has 8 rings (SSSR count). The Morgan fingerprint density at radius 1 is 0.200 bits per heavy atom. The van der Waals surface area contributed by atoms with Crippen molar-refractivity contribution >= 4 is 0 Å². The van der Waals surface area contributed by atoms with E-state index in [-0.39, 0.29) is 12.3 Å². The van der Waals surface area contributed by atoms with Crippen molar-refractivity contribution in [2.45, 2.75) is 0 Å². The van der Waals surface area contributed by atoms with Gasteiger partial charge in [0.05, 0.1) is 22.8 Å². The van der Waals surface area contributed by atoms with Crippen LogP contribution in [-0.2, 0) is 0 Å². The minimum atomic E-state index is 0. The summed E-state index contributed by atoms with van der Waals surface area (Å²) in [5.41, 5.74) is 14.7. The van der Waals surface area contributed by atoms with Gasteiger partial charge in [0.15, 0.2) is 0 Å². The number of rotatable bonds is 7. The van der Waals surface area contributed by atoms with Gasteiger partial charge in [-0.2, -0.15) is 0 Å². The second kappa shape index (κ2) is 15.2. The van der Waals surface area contributed by atoms with Crippen molar-refractivity contribution in [3.05, 3.63) is 194 Å². The van der Waals surface area contributed by atoms with Gasteiger partial charge in [0.1, 0.15) is 0 Å². The molecule has 6 N–H and O–H groups in total. The van der Waals surface area contributed by atoms with Crippen LogP contribution >= 0.6 is 0 Å². The highest BCUT2D eigenvalue weighted by atomic mass is 14.8. The highest BCUT2D eigenvalue weighted by molar-refractivity contribution is 5.82. The topological polar surface area (TPSA) is 95.8 Å². The fourth-order valence-corrected chi connectivity index (χ4v) is 6.19. The van der Waals surface area contributed by atoms with Gasteiger partial charge in [0.25, 0.3) is 0 Å². The largest absolute Gasteiger partial charge is 0.344 e. The molecule has 0 fully saturated rings. The molecule has 0 bridgehead atoms. The Bertz CT molecular complexity index is 2150. The summed E-state index contributed by atoms with van der Waals surface area (Å²) in [6.07, 6.45) is 0. The lowest BCUT2D eigenvalue weighted by atomic mass is 9.97. The maximum Gasteiger partial charge on any atom is 0.0900 e. The summed E-state index contributed by atoms with van der Waals surface area (Å²) in [6, 6.07) is 68.0. The molecule has 242 valence electrons. The first-order valence-electron chi connectivity index (χ1n) is 16.2. The van der Waals surface area contributed by atoms with Crippen LogP contribution in [0.25, 0.3) is 78.4 Å². The van der Waals surface area contributed by atoms with E-state index in [1.807, 2.05) is 12.1 Å². The summed E-state index contributed by atoms with van der Waals surface area (Å²) in [7, 11) is 0. The van der Waals surface area contributed by atoms with Gasteiger partial charge in [-0.25, -0.2) is 9.97 Å². The molecule has 0 aliphatic rings. The molecule has 4 heteroatoms. The molecule has 2 heterocycles. The number of hydrogen-bond donors (Lipinski definition) is 2. The molecule has 0 spiro atoms. The molecule has 0 aliphatic carbocycles. The van der Waals surface area contributed by atoms with E-state index >= 15 is 0 Å². The lowest BCUT2D eigenvalue weighted by molar-refractivity contribution is 1.25. The summed E-state index contributed by atoms with van der Waals surface area (Å²) >= 11 is 0. The lowest BCUT2D eigenvalue weighted by Gasteiger charge is -2.14. The van der Waals surface area contributed by atoms with Gasteiger partial charge in [-0.3, -0.25) is 0 Å². The first-order chi connectivity index (χ1) is 23.8. The number of benzene rings is 6. The monoisotopic (exact) mass is 646 g/mol. The van der Waals surface area contributed by atoms with Crippen LogP contribution in [0.15, 0.2) is 194 Å². The molecular formula is C46H38N4. The summed E-state index contributed by atoms with van der Waals surface area (Å²) < 4.78 is 0. The second-order valence-corrected chi connectivity index (χ2v) is 11.9. The van der Waals surface area contributed by atoms with Gasteiger partial charge in [-0.05, 0) is 80.9 Å². The predicted octanol–water partition coefficient (Wildman–Crippen LogP) is 12.5. The Morgan fingerprint density at radius 2 is 0.460 bits per heavy atom. The predicted molar refractivity (Wildman–Crippen MR) is 210 cm³/mol. The Balaban J connectivity index is 0.00000216. The molecule has 0 saturated carbocycles. The van der Waals surface area contributed by atoms with Crippen molar-refractivity contribution < 1.29 is 0 Å². The van der Waals surface area contributed by atoms with E-state index in [2.05, 4.69) is 182 Å². The third-order valence-electron chi connectivity index (χ3n) is 8.66. The zero-order valence-corrected chi connectivity index (χ0v) is 27.8. The Labute approximate surface area is 294 Å². The number of nitrogens with zero attached hydrogens (tertiary/aromatic N) is 2. The standard InChI is InChI=1S/C46H32N2.2H3N/c1-5-15-33(16-6-1)37-23-13-25-39(27-37)43-29-41(35-19-9-3-10-20-35)31-45(47-43)46-32-42(36-21-11-4-12-22-36)30-44(48-46)40-26-14-24-38(28-40)34-17-7-2-8-18-34;;/h1-32H;2*1H3. The molecule has 8 aromatic rings. The lowest BCUT2D eigenvalue weighted by Crippen LogP contribution is -1.96. The fraction of sp³-hybridized carbons (Fsp3) is 0. The molecule has 0 amide bonds. The second-order valence-electron chi connectivity index (χ2n) is 11.9. The smallest absolute Gasteiger partial charge is 0.0900 e. The van der Waals surface area contributed by atoms with Gasteiger partial charge < -0.3 is 12.3 Å². The first kappa shape index (κ1) is 33.4. The van der Waals surface area contributed by atoms with E-state index in [4.69, 9.17) is 9.97 Å². The van der Waals surface area contributed by atoms with E-state index < -0.39 is 0 Å². The first-order valence-corrected chi connectivity index (χ1v) is 16.2. The minimum absolute atomic E-state index is 0. The quantitative estimate of drug-likeness (QED) is 0.180. The zero-order chi connectivity index (χ0) is 32.1. The minimum Gasteiger partial charge on any atom is -0.344 e. The Morgan fingerprint density at radius 3 is 0.800 bits per heavy atom. The third kappa shape index (κ3) is 7.18. The molecule has 0 saturated heterocycles. The van der Waals surface area contributed by atoms with Crippen molar-refractivity contribution in [3.63, 3.8) is 0 Å². The zero-order valence-electron chi connectivity index (χ0n) is 27.8. The molecule has 50 heavy (non-hydrogen) atoms. The van der Waals surface area contributed by atoms with Crippen LogP contribution in [0.4, 0.5) is 0 Å². The normalized spacial score (nSPS) is 10.5. The third-order valence-corrected chi connectivity index (χ3v) is 8.66. The van der Waals surface area contributed by atoms with Gasteiger partial charge in [-0.1, -0.05) is 158 Å². The highest BCUT2D eigenvalue weighted by Gasteiger charge is 2.15. The molecule has 0 atom stereocenters. The van der Waals surface area contributed by atoms with Crippen LogP contribution in [0.3, 0.4) is 0 Å². The van der Waals surface area contributed by atoms with E-state index in [0.717, 1.165) is 67.3 Å². The molecule has 6 aromatic carbocycles. The number of pyridine rings is 2. The van der Waals surface area contributed by atoms with Gasteiger partial charge >= 0.3 is 0 Å². The SMILES string of the molecule is N.N.c1ccc(-c2cccc(-c3cc(-c4ccccc4)cc(-c4cc(-c5ccccc5)cc(-c5cccc(-c6ccccc6)c5)n4)n3)c2)cc1. The van der Waals surface area contributed by atoms with Gasteiger partial charge in [0, 0.05) is 11.1 Å². The molecule has 2 aromatic heterocycles. The van der Waals surface area contributed by atoms with E-state index in [1.54, 1.807) is 0 Å². The van der Waals surface area contributed by atoms with Crippen molar-refractivity contribution in [1.82, 2.24) is 22.3 Å². The van der Waals surface area contributed by atoms with Crippen LogP contribution < -0.4 is 12.3 Å². The van der Waals surface area contributed by atoms with E-state index in [9.17, 15) is 0 Å². The van der Waals surface area contributed by atoms with Crippen molar-refractivity contribution in [3.8, 4) is 78.4 Å². The Hall–Kier alpha value is -6.46. The van der Waals surface area contributed by atoms with Gasteiger partial charge in [-0.15, -0.1) is 0 Å². The van der Waals surface area contributed by atoms with Crippen molar-refractivity contribution in [2.75, 3.05) is 0 Å². The maximum atomic E-state index is 5.31. The molecular weight excluding hydrogens is 609 g/mol. The summed E-state index contributed by atoms with van der Waals surface area (Å²) in [5.74, 6) is 0. The summed E-state index contributed by atoms with van der Waals surface area (Å²) in [6.45, 7) is 0. The highest BCUT2D eigenvalue weighted by Crippen LogP contribution is 2.35. The maximum absolute atomic E-state index is 5.31. The van der Waals surface area contributed by atoms with E-state index in [0.29, 0.717) is 0 Å². The Kier molecular flexibility index (Phi) is 10.2. The molecule has 0 unspecified atom stereocenters. The van der Waals surface area contributed by atoms with E-state index in [1.165, 1.54) is 11.1 Å². The van der Waals surface area contributed by atoms with Gasteiger partial charge in [0.2, 0.25) is 0 Å². The molecule has 0 aliphatic heterocycles. The van der Waals surface area contributed by atoms with Crippen molar-refractivity contribution in [2.24, 2.45) is 0 Å². The van der Waals surface area contributed by atoms with Crippen LogP contribution in [0.2, 0.25) is 0 Å². The van der Waals surface area contributed by atoms with Crippen LogP contribution in [0.1, 0.15) is 0 Å². The number of hydrogen-bond acceptors (Lipinski definition) is 4. The van der Waals surface area contributed by atoms with Crippen molar-refractivity contribution in [1.29, 1.82) is 0 Å². The van der Waals surface area contributed by atoms with Crippen LogP contribution in [0.5, 0.6) is 0 Å². The average Bonchev–Trinajstić information content (AvgIpc) is 3.19. The fourth-order valence-electron chi connectivity index (χ4n) is 6.19.